The van der Waals surface area contributed by atoms with Gasteiger partial charge in [0.1, 0.15) is 0 Å². The minimum absolute atomic E-state index is 0.0253. The molecule has 2 aromatic heterocycles. The normalized spacial score (nSPS) is 18.5. The van der Waals surface area contributed by atoms with Crippen molar-refractivity contribution in [3.8, 4) is 5.69 Å². The van der Waals surface area contributed by atoms with Crippen molar-refractivity contribution in [2.45, 2.75) is 32.0 Å². The summed E-state index contributed by atoms with van der Waals surface area (Å²) in [5, 5.41) is 4.19. The summed E-state index contributed by atoms with van der Waals surface area (Å²) in [7, 11) is 1.38. The van der Waals surface area contributed by atoms with Crippen LogP contribution in [0.25, 0.3) is 5.69 Å². The third-order valence-electron chi connectivity index (χ3n) is 5.34. The van der Waals surface area contributed by atoms with Crippen LogP contribution in [0.3, 0.4) is 0 Å². The number of pyridine rings is 1. The standard InChI is InChI=1S/C23H24N4O2S/c1-15(2)27-21(20(25-23(27)30)18-7-4-5-13-24-18)19-8-6-14-26(19)17-11-9-16(10-12-17)22(28)29-3/h4-15,20-21H,1-3H3,(H,25,30)/t20-,21-/m0/s1. The molecule has 7 heteroatoms. The van der Waals surface area contributed by atoms with Gasteiger partial charge in [0.15, 0.2) is 5.11 Å². The summed E-state index contributed by atoms with van der Waals surface area (Å²) in [6.07, 6.45) is 3.83. The second-order valence-electron chi connectivity index (χ2n) is 7.47. The number of aromatic nitrogens is 2. The molecule has 0 radical (unpaired) electrons. The molecule has 1 fully saturated rings. The second kappa shape index (κ2) is 8.28. The molecule has 1 N–H and O–H groups in total. The van der Waals surface area contributed by atoms with Gasteiger partial charge in [0.25, 0.3) is 0 Å². The van der Waals surface area contributed by atoms with Crippen LogP contribution in [-0.4, -0.2) is 38.7 Å². The van der Waals surface area contributed by atoms with Crippen molar-refractivity contribution in [1.82, 2.24) is 19.8 Å². The van der Waals surface area contributed by atoms with E-state index in [1.54, 1.807) is 18.3 Å². The van der Waals surface area contributed by atoms with Crippen molar-refractivity contribution in [3.05, 3.63) is 83.9 Å². The fourth-order valence-corrected chi connectivity index (χ4v) is 4.44. The van der Waals surface area contributed by atoms with E-state index in [4.69, 9.17) is 17.0 Å². The SMILES string of the molecule is COC(=O)c1ccc(-n2cccc2[C@H]2[C@H](c3ccccn3)NC(=S)N2C(C)C)cc1. The third kappa shape index (κ3) is 3.57. The van der Waals surface area contributed by atoms with Gasteiger partial charge in [-0.3, -0.25) is 4.98 Å². The fraction of sp³-hybridized carbons (Fsp3) is 0.261. The van der Waals surface area contributed by atoms with Crippen LogP contribution in [0.5, 0.6) is 0 Å². The molecular weight excluding hydrogens is 396 g/mol. The lowest BCUT2D eigenvalue weighted by Crippen LogP contribution is -2.36. The molecule has 0 amide bonds. The minimum atomic E-state index is -0.346. The van der Waals surface area contributed by atoms with Crippen LogP contribution in [0.4, 0.5) is 0 Å². The summed E-state index contributed by atoms with van der Waals surface area (Å²) >= 11 is 5.69. The number of esters is 1. The van der Waals surface area contributed by atoms with Crippen molar-refractivity contribution >= 4 is 23.3 Å². The van der Waals surface area contributed by atoms with Gasteiger partial charge in [0.2, 0.25) is 0 Å². The van der Waals surface area contributed by atoms with Crippen LogP contribution in [-0.2, 0) is 4.74 Å². The Hall–Kier alpha value is -3.19. The number of nitrogens with one attached hydrogen (secondary N) is 1. The van der Waals surface area contributed by atoms with Gasteiger partial charge < -0.3 is 19.5 Å². The Labute approximate surface area is 181 Å². The molecule has 0 spiro atoms. The maximum absolute atomic E-state index is 11.8. The number of hydrogen-bond acceptors (Lipinski definition) is 4. The number of nitrogens with zero attached hydrogens (tertiary/aromatic N) is 3. The molecule has 3 heterocycles. The molecule has 3 aromatic rings. The lowest BCUT2D eigenvalue weighted by Gasteiger charge is -2.31. The van der Waals surface area contributed by atoms with Gasteiger partial charge in [-0.15, -0.1) is 0 Å². The maximum atomic E-state index is 11.8. The molecule has 1 aliphatic heterocycles. The van der Waals surface area contributed by atoms with E-state index in [0.29, 0.717) is 5.56 Å². The van der Waals surface area contributed by atoms with E-state index in [9.17, 15) is 4.79 Å². The van der Waals surface area contributed by atoms with Gasteiger partial charge in [-0.1, -0.05) is 6.07 Å². The first-order valence-electron chi connectivity index (χ1n) is 9.87. The van der Waals surface area contributed by atoms with Crippen molar-refractivity contribution in [3.63, 3.8) is 0 Å². The van der Waals surface area contributed by atoms with E-state index in [0.717, 1.165) is 22.2 Å². The van der Waals surface area contributed by atoms with Crippen LogP contribution in [0.1, 0.15) is 47.7 Å². The Morgan fingerprint density at radius 2 is 1.90 bits per heavy atom. The molecule has 4 rings (SSSR count). The summed E-state index contributed by atoms with van der Waals surface area (Å²) in [5.74, 6) is -0.346. The van der Waals surface area contributed by atoms with Crippen LogP contribution in [0.2, 0.25) is 0 Å². The van der Waals surface area contributed by atoms with Gasteiger partial charge in [-0.25, -0.2) is 4.79 Å². The first-order chi connectivity index (χ1) is 14.5. The Morgan fingerprint density at radius 3 is 2.53 bits per heavy atom. The molecule has 0 bridgehead atoms. The largest absolute Gasteiger partial charge is 0.465 e. The zero-order chi connectivity index (χ0) is 21.3. The fourth-order valence-electron chi connectivity index (χ4n) is 3.98. The minimum Gasteiger partial charge on any atom is -0.465 e. The van der Waals surface area contributed by atoms with E-state index in [1.165, 1.54) is 7.11 Å². The predicted octanol–water partition coefficient (Wildman–Crippen LogP) is 4.04. The lowest BCUT2D eigenvalue weighted by molar-refractivity contribution is 0.0600. The van der Waals surface area contributed by atoms with E-state index < -0.39 is 0 Å². The molecule has 0 unspecified atom stereocenters. The average molecular weight is 421 g/mol. The Bertz CT molecular complexity index is 1050. The first kappa shape index (κ1) is 20.1. The smallest absolute Gasteiger partial charge is 0.337 e. The monoisotopic (exact) mass is 420 g/mol. The number of carbonyl (C=O) groups is 1. The lowest BCUT2D eigenvalue weighted by atomic mass is 10.0. The Kier molecular flexibility index (Phi) is 5.55. The second-order valence-corrected chi connectivity index (χ2v) is 7.86. The molecular formula is C23H24N4O2S. The number of rotatable bonds is 5. The number of carbonyl (C=O) groups excluding carboxylic acids is 1. The third-order valence-corrected chi connectivity index (χ3v) is 5.67. The number of ether oxygens (including phenoxy) is 1. The van der Waals surface area contributed by atoms with Crippen LogP contribution in [0, 0.1) is 0 Å². The maximum Gasteiger partial charge on any atom is 0.337 e. The number of thiocarbonyl (C=S) groups is 1. The van der Waals surface area contributed by atoms with Crippen molar-refractivity contribution in [2.24, 2.45) is 0 Å². The van der Waals surface area contributed by atoms with E-state index in [2.05, 4.69) is 39.7 Å². The Morgan fingerprint density at radius 1 is 1.13 bits per heavy atom. The van der Waals surface area contributed by atoms with Gasteiger partial charge in [0, 0.05) is 29.8 Å². The molecule has 1 aliphatic rings. The highest BCUT2D eigenvalue weighted by Gasteiger charge is 2.42. The van der Waals surface area contributed by atoms with Crippen LogP contribution in [0.15, 0.2) is 67.0 Å². The van der Waals surface area contributed by atoms with Crippen LogP contribution < -0.4 is 5.32 Å². The summed E-state index contributed by atoms with van der Waals surface area (Å²) in [6, 6.07) is 17.6. The molecule has 2 atom stereocenters. The van der Waals surface area contributed by atoms with Gasteiger partial charge in [-0.2, -0.15) is 0 Å². The van der Waals surface area contributed by atoms with Crippen molar-refractivity contribution < 1.29 is 9.53 Å². The van der Waals surface area contributed by atoms with Crippen molar-refractivity contribution in [1.29, 1.82) is 0 Å². The predicted molar refractivity (Wildman–Crippen MR) is 120 cm³/mol. The highest BCUT2D eigenvalue weighted by Crippen LogP contribution is 2.40. The van der Waals surface area contributed by atoms with E-state index in [-0.39, 0.29) is 24.1 Å². The quantitative estimate of drug-likeness (QED) is 0.497. The summed E-state index contributed by atoms with van der Waals surface area (Å²) in [4.78, 5) is 18.6. The van der Waals surface area contributed by atoms with E-state index >= 15 is 0 Å². The molecule has 1 aromatic carbocycles. The van der Waals surface area contributed by atoms with Crippen molar-refractivity contribution in [2.75, 3.05) is 7.11 Å². The molecule has 30 heavy (non-hydrogen) atoms. The van der Waals surface area contributed by atoms with Gasteiger partial charge in [0.05, 0.1) is 30.5 Å². The summed E-state index contributed by atoms with van der Waals surface area (Å²) < 4.78 is 6.94. The molecule has 154 valence electrons. The Balaban J connectivity index is 1.77. The molecule has 0 saturated carbocycles. The topological polar surface area (TPSA) is 59.4 Å². The highest BCUT2D eigenvalue weighted by atomic mass is 32.1. The number of methoxy groups -OCH3 is 1. The number of hydrogen-bond donors (Lipinski definition) is 1. The molecule has 0 aliphatic carbocycles. The highest BCUT2D eigenvalue weighted by molar-refractivity contribution is 7.80. The van der Waals surface area contributed by atoms with Gasteiger partial charge >= 0.3 is 5.97 Å². The first-order valence-corrected chi connectivity index (χ1v) is 10.3. The molecule has 1 saturated heterocycles. The van der Waals surface area contributed by atoms with Crippen LogP contribution >= 0.6 is 12.2 Å². The van der Waals surface area contributed by atoms with Gasteiger partial charge in [-0.05, 0) is 74.6 Å². The molecule has 6 nitrogen and oxygen atoms in total. The summed E-state index contributed by atoms with van der Waals surface area (Å²) in [5.41, 5.74) is 3.53. The average Bonchev–Trinajstić information content (AvgIpc) is 3.38. The van der Waals surface area contributed by atoms with E-state index in [1.807, 2.05) is 42.6 Å². The summed E-state index contributed by atoms with van der Waals surface area (Å²) in [6.45, 7) is 4.28. The zero-order valence-corrected chi connectivity index (χ0v) is 18.0. The zero-order valence-electron chi connectivity index (χ0n) is 17.1. The number of benzene rings is 1.